The average molecular weight is 347 g/mol. The summed E-state index contributed by atoms with van der Waals surface area (Å²) in [6, 6.07) is 12.0. The third-order valence-corrected chi connectivity index (χ3v) is 4.88. The Bertz CT molecular complexity index is 700. The number of hydrogen-bond acceptors (Lipinski definition) is 2. The maximum absolute atomic E-state index is 12.6. The number of nitrogens with zero attached hydrogens (tertiary/aromatic N) is 1. The molecule has 1 heterocycles. The molecule has 4 heteroatoms. The van der Waals surface area contributed by atoms with Crippen LogP contribution in [0, 0.1) is 5.41 Å². The largest absolute Gasteiger partial charge is 0.338 e. The molecule has 0 aromatic heterocycles. The minimum atomic E-state index is 0.0668. The van der Waals surface area contributed by atoms with Gasteiger partial charge in [0.15, 0.2) is 0 Å². The smallest absolute Gasteiger partial charge is 0.253 e. The van der Waals surface area contributed by atoms with Gasteiger partial charge in [0.1, 0.15) is 0 Å². The Morgan fingerprint density at radius 1 is 1.29 bits per heavy atom. The third-order valence-electron chi connectivity index (χ3n) is 4.39. The highest BCUT2D eigenvalue weighted by Crippen LogP contribution is 2.30. The van der Waals surface area contributed by atoms with Gasteiger partial charge in [-0.05, 0) is 53.4 Å². The van der Waals surface area contributed by atoms with E-state index in [0.29, 0.717) is 6.54 Å². The SMILES string of the molecule is CC1(CN)CCN(C(=O)c2ccc3cc(Br)ccc3c2)C1. The Kier molecular flexibility index (Phi) is 3.76. The fourth-order valence-electron chi connectivity index (χ4n) is 2.90. The van der Waals surface area contributed by atoms with Crippen molar-refractivity contribution in [1.82, 2.24) is 4.90 Å². The second-order valence-electron chi connectivity index (χ2n) is 6.20. The number of halogens is 1. The number of rotatable bonds is 2. The van der Waals surface area contributed by atoms with Gasteiger partial charge < -0.3 is 10.6 Å². The number of fused-ring (bicyclic) bond motifs is 1. The Morgan fingerprint density at radius 2 is 2.00 bits per heavy atom. The lowest BCUT2D eigenvalue weighted by molar-refractivity contribution is 0.0777. The molecule has 110 valence electrons. The van der Waals surface area contributed by atoms with Crippen molar-refractivity contribution in [2.24, 2.45) is 11.1 Å². The van der Waals surface area contributed by atoms with Crippen LogP contribution in [0.2, 0.25) is 0 Å². The first-order valence-corrected chi connectivity index (χ1v) is 7.99. The minimum absolute atomic E-state index is 0.0668. The van der Waals surface area contributed by atoms with Crippen molar-refractivity contribution in [2.45, 2.75) is 13.3 Å². The van der Waals surface area contributed by atoms with Crippen LogP contribution in [0.15, 0.2) is 40.9 Å². The Morgan fingerprint density at radius 3 is 2.71 bits per heavy atom. The van der Waals surface area contributed by atoms with E-state index < -0.39 is 0 Å². The van der Waals surface area contributed by atoms with Crippen molar-refractivity contribution in [2.75, 3.05) is 19.6 Å². The number of benzene rings is 2. The summed E-state index contributed by atoms with van der Waals surface area (Å²) in [7, 11) is 0. The van der Waals surface area contributed by atoms with Crippen LogP contribution in [0.5, 0.6) is 0 Å². The molecule has 2 aromatic rings. The second kappa shape index (κ2) is 5.43. The summed E-state index contributed by atoms with van der Waals surface area (Å²) in [5.41, 5.74) is 6.64. The van der Waals surface area contributed by atoms with E-state index in [1.54, 1.807) is 0 Å². The van der Waals surface area contributed by atoms with E-state index >= 15 is 0 Å². The number of carbonyl (C=O) groups is 1. The lowest BCUT2D eigenvalue weighted by Gasteiger charge is -2.22. The summed E-state index contributed by atoms with van der Waals surface area (Å²) in [5, 5.41) is 2.22. The Hall–Kier alpha value is -1.39. The van der Waals surface area contributed by atoms with E-state index in [1.807, 2.05) is 35.2 Å². The lowest BCUT2D eigenvalue weighted by atomic mass is 9.90. The van der Waals surface area contributed by atoms with Gasteiger partial charge in [-0.15, -0.1) is 0 Å². The monoisotopic (exact) mass is 346 g/mol. The van der Waals surface area contributed by atoms with E-state index in [-0.39, 0.29) is 11.3 Å². The third kappa shape index (κ3) is 2.83. The van der Waals surface area contributed by atoms with E-state index in [9.17, 15) is 4.79 Å². The molecule has 1 aliphatic heterocycles. The molecule has 21 heavy (non-hydrogen) atoms. The first-order chi connectivity index (χ1) is 10.0. The van der Waals surface area contributed by atoms with E-state index in [0.717, 1.165) is 40.3 Å². The molecule has 0 saturated carbocycles. The molecule has 1 atom stereocenters. The molecule has 1 fully saturated rings. The summed E-state index contributed by atoms with van der Waals surface area (Å²) < 4.78 is 1.05. The molecule has 2 N–H and O–H groups in total. The molecule has 1 amide bonds. The van der Waals surface area contributed by atoms with Crippen molar-refractivity contribution < 1.29 is 4.79 Å². The number of hydrogen-bond donors (Lipinski definition) is 1. The second-order valence-corrected chi connectivity index (χ2v) is 7.11. The van der Waals surface area contributed by atoms with Crippen LogP contribution >= 0.6 is 15.9 Å². The van der Waals surface area contributed by atoms with Gasteiger partial charge in [-0.1, -0.05) is 35.0 Å². The van der Waals surface area contributed by atoms with Gasteiger partial charge in [0.05, 0.1) is 0 Å². The van der Waals surface area contributed by atoms with Gasteiger partial charge in [-0.3, -0.25) is 4.79 Å². The molecule has 1 saturated heterocycles. The number of carbonyl (C=O) groups excluding carboxylic acids is 1. The zero-order valence-electron chi connectivity index (χ0n) is 12.1. The molecule has 1 unspecified atom stereocenters. The first-order valence-electron chi connectivity index (χ1n) is 7.19. The van der Waals surface area contributed by atoms with Crippen LogP contribution in [0.4, 0.5) is 0 Å². The molecule has 3 nitrogen and oxygen atoms in total. The standard InChI is InChI=1S/C17H19BrN2O/c1-17(10-19)6-7-20(11-17)16(21)14-3-2-13-9-15(18)5-4-12(13)8-14/h2-5,8-9H,6-7,10-11,19H2,1H3. The molecule has 0 spiro atoms. The molecular formula is C17H19BrN2O. The maximum atomic E-state index is 12.6. The van der Waals surface area contributed by atoms with Crippen LogP contribution in [-0.2, 0) is 0 Å². The fourth-order valence-corrected chi connectivity index (χ4v) is 3.27. The molecule has 2 aromatic carbocycles. The predicted molar refractivity (Wildman–Crippen MR) is 89.3 cm³/mol. The Labute approximate surface area is 133 Å². The first kappa shape index (κ1) is 14.5. The van der Waals surface area contributed by atoms with E-state index in [4.69, 9.17) is 5.73 Å². The van der Waals surface area contributed by atoms with Gasteiger partial charge in [0.25, 0.3) is 5.91 Å². The summed E-state index contributed by atoms with van der Waals surface area (Å²) in [6.07, 6.45) is 0.982. The molecule has 0 aliphatic carbocycles. The number of likely N-dealkylation sites (tertiary alicyclic amines) is 1. The van der Waals surface area contributed by atoms with Crippen molar-refractivity contribution in [1.29, 1.82) is 0 Å². The zero-order chi connectivity index (χ0) is 15.0. The lowest BCUT2D eigenvalue weighted by Crippen LogP contribution is -2.34. The highest BCUT2D eigenvalue weighted by Gasteiger charge is 2.35. The van der Waals surface area contributed by atoms with Gasteiger partial charge >= 0.3 is 0 Å². The normalized spacial score (nSPS) is 22.0. The summed E-state index contributed by atoms with van der Waals surface area (Å²) in [5.74, 6) is 0.108. The van der Waals surface area contributed by atoms with Crippen molar-refractivity contribution >= 4 is 32.6 Å². The van der Waals surface area contributed by atoms with Crippen molar-refractivity contribution in [3.05, 3.63) is 46.4 Å². The maximum Gasteiger partial charge on any atom is 0.253 e. The van der Waals surface area contributed by atoms with E-state index in [1.165, 1.54) is 0 Å². The highest BCUT2D eigenvalue weighted by molar-refractivity contribution is 9.10. The van der Waals surface area contributed by atoms with Crippen molar-refractivity contribution in [3.8, 4) is 0 Å². The van der Waals surface area contributed by atoms with Crippen LogP contribution in [-0.4, -0.2) is 30.4 Å². The predicted octanol–water partition coefficient (Wildman–Crippen LogP) is 3.41. The Balaban J connectivity index is 1.87. The van der Waals surface area contributed by atoms with Gasteiger partial charge in [-0.2, -0.15) is 0 Å². The van der Waals surface area contributed by atoms with Crippen molar-refractivity contribution in [3.63, 3.8) is 0 Å². The van der Waals surface area contributed by atoms with Gasteiger partial charge in [0, 0.05) is 23.1 Å². The van der Waals surface area contributed by atoms with Gasteiger partial charge in [-0.25, -0.2) is 0 Å². The van der Waals surface area contributed by atoms with E-state index in [2.05, 4.69) is 28.9 Å². The van der Waals surface area contributed by atoms with Crippen LogP contribution in [0.25, 0.3) is 10.8 Å². The molecule has 1 aliphatic rings. The topological polar surface area (TPSA) is 46.3 Å². The fraction of sp³-hybridized carbons (Fsp3) is 0.353. The van der Waals surface area contributed by atoms with Crippen LogP contribution < -0.4 is 5.73 Å². The van der Waals surface area contributed by atoms with Crippen LogP contribution in [0.1, 0.15) is 23.7 Å². The highest BCUT2D eigenvalue weighted by atomic mass is 79.9. The minimum Gasteiger partial charge on any atom is -0.338 e. The summed E-state index contributed by atoms with van der Waals surface area (Å²) >= 11 is 3.47. The number of amides is 1. The average Bonchev–Trinajstić information content (AvgIpc) is 2.89. The molecule has 0 radical (unpaired) electrons. The number of nitrogens with two attached hydrogens (primary N) is 1. The quantitative estimate of drug-likeness (QED) is 0.905. The molecule has 3 rings (SSSR count). The summed E-state index contributed by atoms with van der Waals surface area (Å²) in [6.45, 7) is 4.33. The molecular weight excluding hydrogens is 328 g/mol. The van der Waals surface area contributed by atoms with Gasteiger partial charge in [0.2, 0.25) is 0 Å². The molecule has 0 bridgehead atoms. The zero-order valence-corrected chi connectivity index (χ0v) is 13.7. The van der Waals surface area contributed by atoms with Crippen LogP contribution in [0.3, 0.4) is 0 Å². The summed E-state index contributed by atoms with van der Waals surface area (Å²) in [4.78, 5) is 14.6.